The van der Waals surface area contributed by atoms with E-state index < -0.39 is 0 Å². The number of anilines is 1. The molecule has 1 saturated heterocycles. The highest BCUT2D eigenvalue weighted by Gasteiger charge is 2.20. The van der Waals surface area contributed by atoms with Crippen LogP contribution >= 0.6 is 11.3 Å². The normalized spacial score (nSPS) is 16.2. The van der Waals surface area contributed by atoms with E-state index in [1.807, 2.05) is 37.3 Å². The molecule has 2 aromatic carbocycles. The lowest BCUT2D eigenvalue weighted by Crippen LogP contribution is -2.45. The maximum atomic E-state index is 12.3. The first-order valence-electron chi connectivity index (χ1n) is 11.2. The molecule has 2 aliphatic rings. The van der Waals surface area contributed by atoms with Gasteiger partial charge in [0, 0.05) is 50.3 Å². The summed E-state index contributed by atoms with van der Waals surface area (Å²) in [7, 11) is 0. The van der Waals surface area contributed by atoms with Crippen LogP contribution in [0.15, 0.2) is 47.8 Å². The molecule has 0 unspecified atom stereocenters. The number of carbonyl (C=O) groups excluding carboxylic acids is 1. The predicted octanol–water partition coefficient (Wildman–Crippen LogP) is 3.68. The van der Waals surface area contributed by atoms with E-state index in [1.54, 1.807) is 11.3 Å². The topological polar surface area (TPSA) is 66.9 Å². The smallest absolute Gasteiger partial charge is 0.231 e. The minimum atomic E-state index is -0.0307. The molecule has 0 saturated carbocycles. The Labute approximate surface area is 198 Å². The van der Waals surface area contributed by atoms with Crippen LogP contribution in [0.1, 0.15) is 21.8 Å². The molecule has 1 N–H and O–H groups in total. The highest BCUT2D eigenvalue weighted by Crippen LogP contribution is 2.32. The van der Waals surface area contributed by atoms with Crippen molar-refractivity contribution in [3.63, 3.8) is 0 Å². The molecule has 0 radical (unpaired) electrons. The van der Waals surface area contributed by atoms with E-state index in [0.29, 0.717) is 13.2 Å². The number of piperazine rings is 1. The van der Waals surface area contributed by atoms with E-state index in [-0.39, 0.29) is 5.91 Å². The van der Waals surface area contributed by atoms with Gasteiger partial charge in [-0.25, -0.2) is 4.98 Å². The first kappa shape index (κ1) is 21.9. The number of nitrogens with one attached hydrogen (secondary N) is 1. The molecule has 8 heteroatoms. The zero-order valence-electron chi connectivity index (χ0n) is 18.8. The van der Waals surface area contributed by atoms with Crippen molar-refractivity contribution in [3.8, 4) is 11.5 Å². The van der Waals surface area contributed by atoms with E-state index in [9.17, 15) is 4.79 Å². The van der Waals surface area contributed by atoms with E-state index in [0.717, 1.165) is 67.2 Å². The molecular formula is C25H28N4O3S. The highest BCUT2D eigenvalue weighted by molar-refractivity contribution is 7.09. The third-order valence-corrected chi connectivity index (χ3v) is 6.84. The Morgan fingerprint density at radius 3 is 2.52 bits per heavy atom. The number of carbonyl (C=O) groups is 1. The first-order valence-corrected chi connectivity index (χ1v) is 12.1. The number of benzene rings is 2. The van der Waals surface area contributed by atoms with Gasteiger partial charge in [0.2, 0.25) is 12.7 Å². The van der Waals surface area contributed by atoms with Gasteiger partial charge in [-0.15, -0.1) is 11.3 Å². The molecule has 1 fully saturated rings. The third-order valence-electron chi connectivity index (χ3n) is 5.94. The minimum absolute atomic E-state index is 0.0307. The summed E-state index contributed by atoms with van der Waals surface area (Å²) in [5, 5.41) is 5.88. The summed E-state index contributed by atoms with van der Waals surface area (Å²) in [5.74, 6) is 1.65. The van der Waals surface area contributed by atoms with Crippen molar-refractivity contribution in [2.45, 2.75) is 26.4 Å². The number of amides is 1. The van der Waals surface area contributed by atoms with E-state index in [2.05, 4.69) is 32.6 Å². The monoisotopic (exact) mass is 464 g/mol. The summed E-state index contributed by atoms with van der Waals surface area (Å²) in [5.41, 5.74) is 4.29. The van der Waals surface area contributed by atoms with Crippen LogP contribution in [0.2, 0.25) is 0 Å². The maximum Gasteiger partial charge on any atom is 0.231 e. The maximum absolute atomic E-state index is 12.3. The van der Waals surface area contributed by atoms with Crippen molar-refractivity contribution < 1.29 is 14.3 Å². The molecular weight excluding hydrogens is 436 g/mol. The highest BCUT2D eigenvalue weighted by atomic mass is 32.1. The largest absolute Gasteiger partial charge is 0.454 e. The number of aryl methyl sites for hydroxylation is 1. The SMILES string of the molecule is Cc1ccc(NC(=O)Cc2nc(CN3CCN(Cc4ccc5c(c4)OCO5)CC3)cs2)cc1. The van der Waals surface area contributed by atoms with Crippen molar-refractivity contribution in [1.82, 2.24) is 14.8 Å². The summed E-state index contributed by atoms with van der Waals surface area (Å²) >= 11 is 1.56. The Kier molecular flexibility index (Phi) is 6.57. The number of hydrogen-bond donors (Lipinski definition) is 1. The molecule has 0 atom stereocenters. The van der Waals surface area contributed by atoms with Crippen molar-refractivity contribution in [3.05, 3.63) is 69.7 Å². The van der Waals surface area contributed by atoms with Gasteiger partial charge in [-0.1, -0.05) is 23.8 Å². The lowest BCUT2D eigenvalue weighted by Gasteiger charge is -2.34. The predicted molar refractivity (Wildman–Crippen MR) is 129 cm³/mol. The Balaban J connectivity index is 1.07. The second-order valence-electron chi connectivity index (χ2n) is 8.56. The number of ether oxygens (including phenoxy) is 2. The zero-order valence-corrected chi connectivity index (χ0v) is 19.6. The summed E-state index contributed by atoms with van der Waals surface area (Å²) < 4.78 is 10.9. The second-order valence-corrected chi connectivity index (χ2v) is 9.51. The molecule has 0 spiro atoms. The summed E-state index contributed by atoms with van der Waals surface area (Å²) in [6.07, 6.45) is 0.307. The Morgan fingerprint density at radius 1 is 1.00 bits per heavy atom. The summed E-state index contributed by atoms with van der Waals surface area (Å²) in [4.78, 5) is 21.9. The molecule has 2 aliphatic heterocycles. The summed E-state index contributed by atoms with van der Waals surface area (Å²) in [6, 6.07) is 14.0. The Bertz CT molecular complexity index is 1110. The van der Waals surface area contributed by atoms with Crippen molar-refractivity contribution >= 4 is 22.9 Å². The zero-order chi connectivity index (χ0) is 22.6. The number of thiazole rings is 1. The molecule has 3 heterocycles. The van der Waals surface area contributed by atoms with Gasteiger partial charge in [0.1, 0.15) is 5.01 Å². The second kappa shape index (κ2) is 9.91. The van der Waals surface area contributed by atoms with E-state index in [1.165, 1.54) is 11.1 Å². The number of hydrogen-bond acceptors (Lipinski definition) is 7. The first-order chi connectivity index (χ1) is 16.1. The van der Waals surface area contributed by atoms with Gasteiger partial charge in [0.25, 0.3) is 0 Å². The lowest BCUT2D eigenvalue weighted by molar-refractivity contribution is -0.115. The minimum Gasteiger partial charge on any atom is -0.454 e. The van der Waals surface area contributed by atoms with Crippen LogP contribution in [0.5, 0.6) is 11.5 Å². The quantitative estimate of drug-likeness (QED) is 0.576. The average molecular weight is 465 g/mol. The fourth-order valence-corrected chi connectivity index (χ4v) is 4.90. The number of rotatable bonds is 7. The van der Waals surface area contributed by atoms with Gasteiger partial charge in [-0.05, 0) is 36.8 Å². The molecule has 1 aromatic heterocycles. The van der Waals surface area contributed by atoms with Crippen LogP contribution in [-0.2, 0) is 24.3 Å². The number of nitrogens with zero attached hydrogens (tertiary/aromatic N) is 3. The molecule has 0 bridgehead atoms. The van der Waals surface area contributed by atoms with Crippen LogP contribution < -0.4 is 14.8 Å². The molecule has 3 aromatic rings. The van der Waals surface area contributed by atoms with Gasteiger partial charge < -0.3 is 14.8 Å². The fraction of sp³-hybridized carbons (Fsp3) is 0.360. The Hall–Kier alpha value is -2.94. The standard InChI is InChI=1S/C25H28N4O3S/c1-18-2-5-20(6-3-18)26-24(30)13-25-27-21(16-33-25)15-29-10-8-28(9-11-29)14-19-4-7-22-23(12-19)32-17-31-22/h2-7,12,16H,8-11,13-15,17H2,1H3,(H,26,30). The van der Waals surface area contributed by atoms with Gasteiger partial charge in [-0.3, -0.25) is 14.6 Å². The van der Waals surface area contributed by atoms with Crippen molar-refractivity contribution in [2.24, 2.45) is 0 Å². The molecule has 5 rings (SSSR count). The van der Waals surface area contributed by atoms with Crippen LogP contribution in [-0.4, -0.2) is 53.7 Å². The van der Waals surface area contributed by atoms with Crippen molar-refractivity contribution in [2.75, 3.05) is 38.3 Å². The molecule has 1 amide bonds. The van der Waals surface area contributed by atoms with Gasteiger partial charge in [0.05, 0.1) is 12.1 Å². The fourth-order valence-electron chi connectivity index (χ4n) is 4.11. The number of aromatic nitrogens is 1. The molecule has 7 nitrogen and oxygen atoms in total. The number of fused-ring (bicyclic) bond motifs is 1. The Morgan fingerprint density at radius 2 is 1.73 bits per heavy atom. The molecule has 0 aliphatic carbocycles. The lowest BCUT2D eigenvalue weighted by atomic mass is 10.1. The van der Waals surface area contributed by atoms with Gasteiger partial charge in [0.15, 0.2) is 11.5 Å². The van der Waals surface area contributed by atoms with E-state index in [4.69, 9.17) is 14.5 Å². The average Bonchev–Trinajstić information content (AvgIpc) is 3.45. The van der Waals surface area contributed by atoms with Gasteiger partial charge >= 0.3 is 0 Å². The van der Waals surface area contributed by atoms with Gasteiger partial charge in [-0.2, -0.15) is 0 Å². The van der Waals surface area contributed by atoms with E-state index >= 15 is 0 Å². The van der Waals surface area contributed by atoms with Crippen LogP contribution in [0.25, 0.3) is 0 Å². The molecule has 33 heavy (non-hydrogen) atoms. The van der Waals surface area contributed by atoms with Crippen LogP contribution in [0.4, 0.5) is 5.69 Å². The molecule has 172 valence electrons. The van der Waals surface area contributed by atoms with Crippen LogP contribution in [0, 0.1) is 6.92 Å². The third kappa shape index (κ3) is 5.71. The van der Waals surface area contributed by atoms with Crippen molar-refractivity contribution in [1.29, 1.82) is 0 Å². The van der Waals surface area contributed by atoms with Crippen LogP contribution in [0.3, 0.4) is 0 Å². The summed E-state index contributed by atoms with van der Waals surface area (Å²) in [6.45, 7) is 8.13.